The van der Waals surface area contributed by atoms with E-state index in [-0.39, 0.29) is 6.04 Å². The van der Waals surface area contributed by atoms with Gasteiger partial charge in [0.25, 0.3) is 0 Å². The quantitative estimate of drug-likeness (QED) is 0.770. The van der Waals surface area contributed by atoms with E-state index in [4.69, 9.17) is 19.9 Å². The summed E-state index contributed by atoms with van der Waals surface area (Å²) in [7, 11) is 4.79. The molecule has 0 radical (unpaired) electrons. The minimum atomic E-state index is -0.119. The summed E-state index contributed by atoms with van der Waals surface area (Å²) in [5.41, 5.74) is 8.26. The van der Waals surface area contributed by atoms with Gasteiger partial charge in [0.2, 0.25) is 5.75 Å². The maximum Gasteiger partial charge on any atom is 0.203 e. The molecule has 1 aromatic carbocycles. The first kappa shape index (κ1) is 15.4. The lowest BCUT2D eigenvalue weighted by atomic mass is 9.99. The summed E-state index contributed by atoms with van der Waals surface area (Å²) < 4.78 is 16.0. The van der Waals surface area contributed by atoms with Gasteiger partial charge in [-0.1, -0.05) is 5.57 Å². The third kappa shape index (κ3) is 3.64. The van der Waals surface area contributed by atoms with Crippen molar-refractivity contribution in [1.82, 2.24) is 0 Å². The second kappa shape index (κ2) is 7.04. The van der Waals surface area contributed by atoms with Gasteiger partial charge in [-0.15, -0.1) is 6.58 Å². The van der Waals surface area contributed by atoms with E-state index in [0.717, 1.165) is 24.0 Å². The van der Waals surface area contributed by atoms with Gasteiger partial charge in [-0.2, -0.15) is 0 Å². The van der Waals surface area contributed by atoms with E-state index < -0.39 is 0 Å². The van der Waals surface area contributed by atoms with Crippen LogP contribution in [0.3, 0.4) is 0 Å². The third-order valence-corrected chi connectivity index (χ3v) is 3.02. The number of ether oxygens (including phenoxy) is 3. The summed E-state index contributed by atoms with van der Waals surface area (Å²) in [5, 5.41) is 0. The number of hydrogen-bond acceptors (Lipinski definition) is 4. The maximum atomic E-state index is 6.22. The summed E-state index contributed by atoms with van der Waals surface area (Å²) in [5.74, 6) is 1.85. The van der Waals surface area contributed by atoms with E-state index in [1.165, 1.54) is 0 Å². The predicted octanol–water partition coefficient (Wildman–Crippen LogP) is 3.07. The number of rotatable bonds is 7. The lowest BCUT2D eigenvalue weighted by Crippen LogP contribution is -2.12. The van der Waals surface area contributed by atoms with Crippen LogP contribution in [0.15, 0.2) is 24.3 Å². The highest BCUT2D eigenvalue weighted by Gasteiger charge is 2.19. The van der Waals surface area contributed by atoms with Crippen LogP contribution in [0.25, 0.3) is 0 Å². The minimum Gasteiger partial charge on any atom is -0.493 e. The first-order valence-corrected chi connectivity index (χ1v) is 6.24. The SMILES string of the molecule is C=C(C)CCC(N)c1ccc(OC)c(OC)c1OC. The Morgan fingerprint density at radius 1 is 1.16 bits per heavy atom. The molecule has 4 nitrogen and oxygen atoms in total. The zero-order valence-corrected chi connectivity index (χ0v) is 12.2. The molecule has 0 aliphatic carbocycles. The van der Waals surface area contributed by atoms with Gasteiger partial charge >= 0.3 is 0 Å². The molecule has 0 aliphatic heterocycles. The molecule has 0 aliphatic rings. The molecule has 0 spiro atoms. The number of methoxy groups -OCH3 is 3. The lowest BCUT2D eigenvalue weighted by molar-refractivity contribution is 0.320. The molecule has 0 heterocycles. The molecular formula is C15H23NO3. The Kier molecular flexibility index (Phi) is 5.70. The highest BCUT2D eigenvalue weighted by Crippen LogP contribution is 2.42. The average molecular weight is 265 g/mol. The van der Waals surface area contributed by atoms with Crippen molar-refractivity contribution in [2.75, 3.05) is 21.3 Å². The molecule has 0 fully saturated rings. The first-order chi connectivity index (χ1) is 9.04. The Labute approximate surface area is 115 Å². The molecule has 4 heteroatoms. The zero-order valence-electron chi connectivity index (χ0n) is 12.2. The van der Waals surface area contributed by atoms with Gasteiger partial charge in [0.15, 0.2) is 11.5 Å². The Balaban J connectivity index is 3.09. The van der Waals surface area contributed by atoms with Crippen LogP contribution in [0.4, 0.5) is 0 Å². The Bertz CT molecular complexity index is 443. The van der Waals surface area contributed by atoms with Crippen LogP contribution in [-0.2, 0) is 0 Å². The van der Waals surface area contributed by atoms with Crippen molar-refractivity contribution < 1.29 is 14.2 Å². The fourth-order valence-electron chi connectivity index (χ4n) is 1.97. The van der Waals surface area contributed by atoms with Crippen molar-refractivity contribution in [2.45, 2.75) is 25.8 Å². The smallest absolute Gasteiger partial charge is 0.203 e. The maximum absolute atomic E-state index is 6.22. The summed E-state index contributed by atoms with van der Waals surface area (Å²) >= 11 is 0. The van der Waals surface area contributed by atoms with Gasteiger partial charge in [-0.25, -0.2) is 0 Å². The van der Waals surface area contributed by atoms with Crippen LogP contribution >= 0.6 is 0 Å². The summed E-state index contributed by atoms with van der Waals surface area (Å²) in [6, 6.07) is 3.65. The van der Waals surface area contributed by atoms with Crippen LogP contribution in [0, 0.1) is 0 Å². The standard InChI is InChI=1S/C15H23NO3/c1-10(2)6-8-12(16)11-7-9-13(17-3)15(19-5)14(11)18-4/h7,9,12H,1,6,8,16H2,2-5H3. The molecule has 0 aromatic heterocycles. The predicted molar refractivity (Wildman–Crippen MR) is 77.1 cm³/mol. The minimum absolute atomic E-state index is 0.119. The van der Waals surface area contributed by atoms with Crippen molar-refractivity contribution >= 4 is 0 Å². The van der Waals surface area contributed by atoms with Crippen LogP contribution in [-0.4, -0.2) is 21.3 Å². The Morgan fingerprint density at radius 2 is 1.79 bits per heavy atom. The molecule has 2 N–H and O–H groups in total. The van der Waals surface area contributed by atoms with Crippen LogP contribution in [0.1, 0.15) is 31.4 Å². The highest BCUT2D eigenvalue weighted by atomic mass is 16.5. The Hall–Kier alpha value is -1.68. The zero-order chi connectivity index (χ0) is 14.4. The summed E-state index contributed by atoms with van der Waals surface area (Å²) in [6.45, 7) is 5.89. The van der Waals surface area contributed by atoms with E-state index in [2.05, 4.69) is 6.58 Å². The second-order valence-corrected chi connectivity index (χ2v) is 4.53. The van der Waals surface area contributed by atoms with Crippen molar-refractivity contribution in [3.8, 4) is 17.2 Å². The van der Waals surface area contributed by atoms with Crippen LogP contribution in [0.5, 0.6) is 17.2 Å². The molecule has 19 heavy (non-hydrogen) atoms. The monoisotopic (exact) mass is 265 g/mol. The Morgan fingerprint density at radius 3 is 2.26 bits per heavy atom. The number of benzene rings is 1. The van der Waals surface area contributed by atoms with E-state index in [0.29, 0.717) is 17.2 Å². The van der Waals surface area contributed by atoms with Crippen LogP contribution in [0.2, 0.25) is 0 Å². The molecule has 0 bridgehead atoms. The lowest BCUT2D eigenvalue weighted by Gasteiger charge is -2.19. The average Bonchev–Trinajstić information content (AvgIpc) is 2.42. The highest BCUT2D eigenvalue weighted by molar-refractivity contribution is 5.56. The summed E-state index contributed by atoms with van der Waals surface area (Å²) in [6.07, 6.45) is 1.71. The van der Waals surface area contributed by atoms with Crippen molar-refractivity contribution in [3.63, 3.8) is 0 Å². The van der Waals surface area contributed by atoms with Crippen molar-refractivity contribution in [1.29, 1.82) is 0 Å². The number of hydrogen-bond donors (Lipinski definition) is 1. The molecule has 0 saturated carbocycles. The van der Waals surface area contributed by atoms with Gasteiger partial charge in [0.05, 0.1) is 21.3 Å². The first-order valence-electron chi connectivity index (χ1n) is 6.24. The largest absolute Gasteiger partial charge is 0.493 e. The number of nitrogens with two attached hydrogens (primary N) is 1. The summed E-state index contributed by atoms with van der Waals surface area (Å²) in [4.78, 5) is 0. The topological polar surface area (TPSA) is 53.7 Å². The molecule has 1 unspecified atom stereocenters. The second-order valence-electron chi connectivity index (χ2n) is 4.53. The van der Waals surface area contributed by atoms with Crippen molar-refractivity contribution in [3.05, 3.63) is 29.8 Å². The molecule has 0 amide bonds. The fourth-order valence-corrected chi connectivity index (χ4v) is 1.97. The van der Waals surface area contributed by atoms with E-state index >= 15 is 0 Å². The van der Waals surface area contributed by atoms with E-state index in [9.17, 15) is 0 Å². The molecular weight excluding hydrogens is 242 g/mol. The van der Waals surface area contributed by atoms with Gasteiger partial charge in [0.1, 0.15) is 0 Å². The van der Waals surface area contributed by atoms with Gasteiger partial charge in [-0.3, -0.25) is 0 Å². The van der Waals surface area contributed by atoms with Gasteiger partial charge in [-0.05, 0) is 31.9 Å². The van der Waals surface area contributed by atoms with Crippen molar-refractivity contribution in [2.24, 2.45) is 5.73 Å². The molecule has 1 aromatic rings. The molecule has 0 saturated heterocycles. The third-order valence-electron chi connectivity index (χ3n) is 3.02. The molecule has 1 rings (SSSR count). The molecule has 106 valence electrons. The van der Waals surface area contributed by atoms with Crippen LogP contribution < -0.4 is 19.9 Å². The molecule has 1 atom stereocenters. The normalized spacial score (nSPS) is 11.8. The van der Waals surface area contributed by atoms with Gasteiger partial charge < -0.3 is 19.9 Å². The number of allylic oxidation sites excluding steroid dienone is 1. The van der Waals surface area contributed by atoms with E-state index in [1.54, 1.807) is 21.3 Å². The van der Waals surface area contributed by atoms with E-state index in [1.807, 2.05) is 19.1 Å². The fraction of sp³-hybridized carbons (Fsp3) is 0.467. The van der Waals surface area contributed by atoms with Gasteiger partial charge in [0, 0.05) is 11.6 Å².